The number of guanidine groups is 1. The van der Waals surface area contributed by atoms with E-state index in [1.165, 1.54) is 29.2 Å². The molecule has 2 aliphatic rings. The number of hydrogen-bond acceptors (Lipinski definition) is 6. The maximum Gasteiger partial charge on any atom is 0.422 e. The van der Waals surface area contributed by atoms with Crippen molar-refractivity contribution in [3.05, 3.63) is 101 Å². The lowest BCUT2D eigenvalue weighted by atomic mass is 9.80. The number of aliphatic imine (C=N–C) groups is 1. The van der Waals surface area contributed by atoms with Crippen LogP contribution in [0.25, 0.3) is 0 Å². The highest BCUT2D eigenvalue weighted by Gasteiger charge is 2.65. The first-order valence-corrected chi connectivity index (χ1v) is 11.2. The number of alkyl halides is 3. The molecule has 0 saturated heterocycles. The number of para-hydroxylation sites is 2. The first-order chi connectivity index (χ1) is 17.2. The summed E-state index contributed by atoms with van der Waals surface area (Å²) in [5.74, 6) is -1.16. The van der Waals surface area contributed by atoms with Crippen LogP contribution in [0.3, 0.4) is 0 Å². The van der Waals surface area contributed by atoms with E-state index >= 15 is 13.2 Å². The molecule has 0 aromatic heterocycles. The molecule has 0 saturated carbocycles. The number of ether oxygens (including phenoxy) is 1. The number of carbonyl (C=O) groups excluding carboxylic acids is 1. The molecule has 0 bridgehead atoms. The number of nitrogens with one attached hydrogen (secondary N) is 1. The fraction of sp³-hybridized carbons (Fsp3) is 0.185. The summed E-state index contributed by atoms with van der Waals surface area (Å²) in [6.45, 7) is 1.92. The average Bonchev–Trinajstić information content (AvgIpc) is 3.17. The molecule has 3 aromatic rings. The van der Waals surface area contributed by atoms with Crippen LogP contribution in [0.15, 0.2) is 95.2 Å². The molecule has 2 aliphatic heterocycles. The number of benzene rings is 3. The summed E-state index contributed by atoms with van der Waals surface area (Å²) in [6, 6.07) is 21.6. The second kappa shape index (κ2) is 8.44. The van der Waals surface area contributed by atoms with Gasteiger partial charge in [0.2, 0.25) is 11.5 Å². The van der Waals surface area contributed by atoms with Gasteiger partial charge in [0.25, 0.3) is 0 Å². The van der Waals surface area contributed by atoms with Gasteiger partial charge in [-0.05, 0) is 36.8 Å². The second-order valence-corrected chi connectivity index (χ2v) is 8.57. The highest BCUT2D eigenvalue weighted by molar-refractivity contribution is 6.16. The number of aryl methyl sites for hydroxylation is 1. The maximum absolute atomic E-state index is 15.3. The summed E-state index contributed by atoms with van der Waals surface area (Å²) in [5, 5.41) is 3.08. The van der Waals surface area contributed by atoms with Crippen molar-refractivity contribution in [1.82, 2.24) is 0 Å². The highest BCUT2D eigenvalue weighted by atomic mass is 19.4. The van der Waals surface area contributed by atoms with E-state index in [2.05, 4.69) is 10.3 Å². The number of rotatable bonds is 3. The normalized spacial score (nSPS) is 19.0. The highest BCUT2D eigenvalue weighted by Crippen LogP contribution is 2.55. The van der Waals surface area contributed by atoms with Crippen molar-refractivity contribution in [1.29, 1.82) is 0 Å². The summed E-state index contributed by atoms with van der Waals surface area (Å²) < 4.78 is 50.8. The third-order valence-corrected chi connectivity index (χ3v) is 6.38. The molecule has 0 amide bonds. The van der Waals surface area contributed by atoms with E-state index in [1.54, 1.807) is 54.4 Å². The number of fused-ring (bicyclic) bond motifs is 3. The van der Waals surface area contributed by atoms with Crippen LogP contribution in [0, 0.1) is 6.92 Å². The van der Waals surface area contributed by atoms with E-state index in [-0.39, 0.29) is 17.3 Å². The van der Waals surface area contributed by atoms with Gasteiger partial charge in [0.1, 0.15) is 11.4 Å². The van der Waals surface area contributed by atoms with Crippen molar-refractivity contribution in [2.45, 2.75) is 18.6 Å². The van der Waals surface area contributed by atoms with Gasteiger partial charge in [0, 0.05) is 12.7 Å². The van der Waals surface area contributed by atoms with E-state index in [9.17, 15) is 4.79 Å². The lowest BCUT2D eigenvalue weighted by molar-refractivity contribution is -0.182. The van der Waals surface area contributed by atoms with Crippen molar-refractivity contribution in [2.75, 3.05) is 29.3 Å². The first kappa shape index (κ1) is 23.5. The number of nitrogens with zero attached hydrogens (tertiary/aromatic N) is 3. The van der Waals surface area contributed by atoms with Crippen LogP contribution in [-0.2, 0) is 15.1 Å². The zero-order valence-electron chi connectivity index (χ0n) is 19.8. The number of halogens is 3. The molecule has 0 unspecified atom stereocenters. The number of carbonyl (C=O) groups is 1. The Hall–Kier alpha value is -4.27. The van der Waals surface area contributed by atoms with Crippen LogP contribution in [0.2, 0.25) is 0 Å². The van der Waals surface area contributed by atoms with Crippen LogP contribution >= 0.6 is 0 Å². The molecule has 36 heavy (non-hydrogen) atoms. The Morgan fingerprint density at radius 2 is 1.56 bits per heavy atom. The van der Waals surface area contributed by atoms with Crippen LogP contribution in [0.4, 0.5) is 30.2 Å². The Morgan fingerprint density at radius 1 is 0.944 bits per heavy atom. The lowest BCUT2D eigenvalue weighted by Crippen LogP contribution is -2.54. The first-order valence-electron chi connectivity index (χ1n) is 11.2. The van der Waals surface area contributed by atoms with Gasteiger partial charge in [-0.1, -0.05) is 60.2 Å². The minimum Gasteiger partial charge on any atom is -0.465 e. The third kappa shape index (κ3) is 3.42. The van der Waals surface area contributed by atoms with Gasteiger partial charge < -0.3 is 15.0 Å². The van der Waals surface area contributed by atoms with Crippen molar-refractivity contribution in [2.24, 2.45) is 4.99 Å². The summed E-state index contributed by atoms with van der Waals surface area (Å²) in [5.41, 5.74) is -1.07. The largest absolute Gasteiger partial charge is 0.465 e. The van der Waals surface area contributed by atoms with Crippen LogP contribution in [0.5, 0.6) is 0 Å². The number of anilines is 3. The van der Waals surface area contributed by atoms with Crippen molar-refractivity contribution < 1.29 is 22.7 Å². The lowest BCUT2D eigenvalue weighted by Gasteiger charge is -2.41. The Labute approximate surface area is 206 Å². The van der Waals surface area contributed by atoms with Crippen LogP contribution < -0.4 is 15.1 Å². The summed E-state index contributed by atoms with van der Waals surface area (Å²) in [4.78, 5) is 20.6. The molecular formula is C27H23F3N4O2. The Kier molecular flexibility index (Phi) is 5.50. The molecule has 5 rings (SSSR count). The van der Waals surface area contributed by atoms with E-state index < -0.39 is 23.3 Å². The van der Waals surface area contributed by atoms with Crippen molar-refractivity contribution >= 4 is 29.0 Å². The Morgan fingerprint density at radius 3 is 2.17 bits per heavy atom. The Balaban J connectivity index is 1.87. The quantitative estimate of drug-likeness (QED) is 0.484. The molecule has 1 N–H and O–H groups in total. The monoisotopic (exact) mass is 492 g/mol. The fourth-order valence-electron chi connectivity index (χ4n) is 4.68. The fourth-order valence-corrected chi connectivity index (χ4v) is 4.68. The predicted molar refractivity (Wildman–Crippen MR) is 133 cm³/mol. The number of hydrogen-bond donors (Lipinski definition) is 1. The minimum absolute atomic E-state index is 0.0221. The average molecular weight is 493 g/mol. The molecule has 0 radical (unpaired) electrons. The van der Waals surface area contributed by atoms with Gasteiger partial charge in [-0.25, -0.2) is 9.79 Å². The standard InChI is InChI=1S/C27H23F3N4O2/c1-17-13-15-19(16-14-17)31-25-32-26(27(28,29)30,18-9-5-4-6-10-18)22(24(35)36-3)23-33(2)20-11-7-8-12-21(20)34(23)25/h4-16H,1-3H3,(H,31,32)/t26-/m0/s1. The minimum atomic E-state index is -4.98. The predicted octanol–water partition coefficient (Wildman–Crippen LogP) is 5.58. The summed E-state index contributed by atoms with van der Waals surface area (Å²) in [7, 11) is 2.69. The molecular weight excluding hydrogens is 469 g/mol. The van der Waals surface area contributed by atoms with E-state index in [1.807, 2.05) is 19.1 Å². The van der Waals surface area contributed by atoms with Gasteiger partial charge in [-0.3, -0.25) is 4.90 Å². The molecule has 1 atom stereocenters. The summed E-state index contributed by atoms with van der Waals surface area (Å²) >= 11 is 0. The van der Waals surface area contributed by atoms with E-state index in [0.717, 1.165) is 12.7 Å². The molecule has 0 fully saturated rings. The van der Waals surface area contributed by atoms with Crippen LogP contribution in [0.1, 0.15) is 11.1 Å². The topological polar surface area (TPSA) is 57.2 Å². The summed E-state index contributed by atoms with van der Waals surface area (Å²) in [6.07, 6.45) is -4.98. The zero-order chi connectivity index (χ0) is 25.7. The second-order valence-electron chi connectivity index (χ2n) is 8.57. The molecule has 9 heteroatoms. The molecule has 2 heterocycles. The Bertz CT molecular complexity index is 1380. The smallest absolute Gasteiger partial charge is 0.422 e. The number of methoxy groups -OCH3 is 1. The van der Waals surface area contributed by atoms with Crippen molar-refractivity contribution in [3.63, 3.8) is 0 Å². The molecule has 0 spiro atoms. The zero-order valence-corrected chi connectivity index (χ0v) is 19.8. The van der Waals surface area contributed by atoms with Gasteiger partial charge in [-0.15, -0.1) is 0 Å². The molecule has 184 valence electrons. The van der Waals surface area contributed by atoms with E-state index in [0.29, 0.717) is 17.1 Å². The maximum atomic E-state index is 15.3. The third-order valence-electron chi connectivity index (χ3n) is 6.38. The van der Waals surface area contributed by atoms with E-state index in [4.69, 9.17) is 4.74 Å². The van der Waals surface area contributed by atoms with Gasteiger partial charge in [-0.2, -0.15) is 13.2 Å². The van der Waals surface area contributed by atoms with Crippen LogP contribution in [-0.4, -0.2) is 32.3 Å². The van der Waals surface area contributed by atoms with Gasteiger partial charge in [0.15, 0.2) is 0 Å². The molecule has 3 aromatic carbocycles. The van der Waals surface area contributed by atoms with Gasteiger partial charge >= 0.3 is 12.1 Å². The SMILES string of the molecule is COC(=O)C1=C2N(C)c3ccccc3N2C(Nc2ccc(C)cc2)=N[C@]1(c1ccccc1)C(F)(F)F. The number of esters is 1. The van der Waals surface area contributed by atoms with Crippen molar-refractivity contribution in [3.8, 4) is 0 Å². The molecule has 6 nitrogen and oxygen atoms in total. The molecule has 0 aliphatic carbocycles. The van der Waals surface area contributed by atoms with Gasteiger partial charge in [0.05, 0.1) is 18.5 Å².